The Bertz CT molecular complexity index is 719. The number of benzene rings is 1. The lowest BCUT2D eigenvalue weighted by Crippen LogP contribution is -2.27. The predicted molar refractivity (Wildman–Crippen MR) is 69.7 cm³/mol. The molecule has 0 unspecified atom stereocenters. The minimum absolute atomic E-state index is 0.0158. The molecule has 1 aromatic rings. The van der Waals surface area contributed by atoms with Crippen LogP contribution in [0.5, 0.6) is 0 Å². The molecule has 2 rings (SSSR count). The van der Waals surface area contributed by atoms with E-state index in [1.807, 2.05) is 0 Å². The molecule has 19 heavy (non-hydrogen) atoms. The van der Waals surface area contributed by atoms with Crippen LogP contribution < -0.4 is 4.72 Å². The Labute approximate surface area is 112 Å². The molecule has 1 N–H and O–H groups in total. The summed E-state index contributed by atoms with van der Waals surface area (Å²) in [4.78, 5) is -0.0586. The van der Waals surface area contributed by atoms with E-state index in [0.29, 0.717) is 5.56 Å². The number of rotatable bonds is 5. The molecule has 0 fully saturated rings. The molecule has 8 heteroatoms. The van der Waals surface area contributed by atoms with E-state index in [2.05, 4.69) is 4.72 Å². The second-order valence-corrected chi connectivity index (χ2v) is 7.51. The lowest BCUT2D eigenvalue weighted by atomic mass is 10.2. The average Bonchev–Trinajstić information content (AvgIpc) is 2.65. The summed E-state index contributed by atoms with van der Waals surface area (Å²) in [5.74, 6) is 0. The van der Waals surface area contributed by atoms with Crippen LogP contribution in [0.1, 0.15) is 5.56 Å². The largest absolute Gasteiger partial charge is 0.383 e. The van der Waals surface area contributed by atoms with Crippen molar-refractivity contribution in [2.45, 2.75) is 9.79 Å². The Morgan fingerprint density at radius 1 is 1.32 bits per heavy atom. The van der Waals surface area contributed by atoms with Gasteiger partial charge in [-0.1, -0.05) is 6.07 Å². The number of hydrogen-bond donors (Lipinski definition) is 1. The Morgan fingerprint density at radius 2 is 2.05 bits per heavy atom. The highest BCUT2D eigenvalue weighted by molar-refractivity contribution is 7.95. The molecule has 104 valence electrons. The number of methoxy groups -OCH3 is 1. The molecular weight excluding hydrogens is 290 g/mol. The van der Waals surface area contributed by atoms with Crippen molar-refractivity contribution in [3.8, 4) is 0 Å². The number of sulfone groups is 1. The van der Waals surface area contributed by atoms with Gasteiger partial charge in [-0.05, 0) is 23.8 Å². The summed E-state index contributed by atoms with van der Waals surface area (Å²) in [5, 5.41) is 1.06. The van der Waals surface area contributed by atoms with Crippen LogP contribution in [-0.4, -0.2) is 37.1 Å². The molecule has 0 spiro atoms. The number of ether oxygens (including phenoxy) is 1. The summed E-state index contributed by atoms with van der Waals surface area (Å²) < 4.78 is 54.3. The molecule has 0 aliphatic carbocycles. The van der Waals surface area contributed by atoms with Gasteiger partial charge in [0.25, 0.3) is 0 Å². The van der Waals surface area contributed by atoms with Gasteiger partial charge in [-0.25, -0.2) is 21.6 Å². The van der Waals surface area contributed by atoms with Gasteiger partial charge < -0.3 is 4.74 Å². The number of nitrogens with one attached hydrogen (secondary N) is 1. The second kappa shape index (κ2) is 5.04. The topological polar surface area (TPSA) is 89.5 Å². The molecule has 0 saturated carbocycles. The van der Waals surface area contributed by atoms with Crippen molar-refractivity contribution in [2.24, 2.45) is 0 Å². The van der Waals surface area contributed by atoms with Gasteiger partial charge in [0.15, 0.2) is 9.84 Å². The molecule has 1 aliphatic rings. The summed E-state index contributed by atoms with van der Waals surface area (Å²) in [5.41, 5.74) is 0.496. The third-order valence-corrected chi connectivity index (χ3v) is 5.55. The summed E-state index contributed by atoms with van der Waals surface area (Å²) >= 11 is 0. The predicted octanol–water partition coefficient (Wildman–Crippen LogP) is 0.369. The second-order valence-electron chi connectivity index (χ2n) is 3.94. The van der Waals surface area contributed by atoms with Crippen molar-refractivity contribution in [1.29, 1.82) is 0 Å². The summed E-state index contributed by atoms with van der Waals surface area (Å²) in [6, 6.07) is 4.01. The molecule has 0 amide bonds. The van der Waals surface area contributed by atoms with Crippen LogP contribution in [0.2, 0.25) is 0 Å². The maximum absolute atomic E-state index is 11.9. The van der Waals surface area contributed by atoms with Crippen LogP contribution in [-0.2, 0) is 24.6 Å². The third kappa shape index (κ3) is 2.86. The molecule has 0 aromatic heterocycles. The maximum atomic E-state index is 11.9. The van der Waals surface area contributed by atoms with Crippen molar-refractivity contribution in [3.63, 3.8) is 0 Å². The van der Waals surface area contributed by atoms with Gasteiger partial charge in [0, 0.05) is 19.1 Å². The lowest BCUT2D eigenvalue weighted by Gasteiger charge is -2.07. The van der Waals surface area contributed by atoms with Gasteiger partial charge in [-0.3, -0.25) is 0 Å². The lowest BCUT2D eigenvalue weighted by molar-refractivity contribution is 0.204. The van der Waals surface area contributed by atoms with Crippen LogP contribution in [0.3, 0.4) is 0 Å². The van der Waals surface area contributed by atoms with Crippen LogP contribution in [0.25, 0.3) is 6.08 Å². The molecule has 0 saturated heterocycles. The van der Waals surface area contributed by atoms with Gasteiger partial charge >= 0.3 is 0 Å². The molecule has 1 aromatic carbocycles. The first-order valence-electron chi connectivity index (χ1n) is 5.43. The highest BCUT2D eigenvalue weighted by Crippen LogP contribution is 2.28. The standard InChI is InChI=1S/C11H13NO5S2/c1-17-6-5-12-19(15,16)10-3-2-9-4-7-18(13,14)11(9)8-10/h2-4,7-8,12H,5-6H2,1H3. The molecule has 6 nitrogen and oxygen atoms in total. The van der Waals surface area contributed by atoms with Crippen LogP contribution in [0.15, 0.2) is 33.4 Å². The molecule has 0 radical (unpaired) electrons. The van der Waals surface area contributed by atoms with E-state index in [1.165, 1.54) is 31.4 Å². The summed E-state index contributed by atoms with van der Waals surface area (Å²) in [7, 11) is -5.78. The van der Waals surface area contributed by atoms with E-state index < -0.39 is 19.9 Å². The van der Waals surface area contributed by atoms with Gasteiger partial charge in [-0.15, -0.1) is 0 Å². The fraction of sp³-hybridized carbons (Fsp3) is 0.273. The summed E-state index contributed by atoms with van der Waals surface area (Å²) in [6.07, 6.45) is 1.44. The molecule has 0 atom stereocenters. The Hall–Kier alpha value is -1.22. The van der Waals surface area contributed by atoms with Gasteiger partial charge in [0.2, 0.25) is 10.0 Å². The van der Waals surface area contributed by atoms with Crippen molar-refractivity contribution in [2.75, 3.05) is 20.3 Å². The zero-order valence-corrected chi connectivity index (χ0v) is 11.8. The highest BCUT2D eigenvalue weighted by atomic mass is 32.2. The first-order chi connectivity index (χ1) is 8.87. The number of sulfonamides is 1. The van der Waals surface area contributed by atoms with Gasteiger partial charge in [0.1, 0.15) is 0 Å². The molecule has 0 bridgehead atoms. The van der Waals surface area contributed by atoms with E-state index in [4.69, 9.17) is 4.74 Å². The highest BCUT2D eigenvalue weighted by Gasteiger charge is 2.24. The van der Waals surface area contributed by atoms with Crippen molar-refractivity contribution in [1.82, 2.24) is 4.72 Å². The SMILES string of the molecule is COCCNS(=O)(=O)c1ccc2c(c1)S(=O)(=O)C=C2. The quantitative estimate of drug-likeness (QED) is 0.794. The minimum Gasteiger partial charge on any atom is -0.383 e. The zero-order valence-electron chi connectivity index (χ0n) is 10.2. The van der Waals surface area contributed by atoms with Crippen LogP contribution in [0, 0.1) is 0 Å². The Balaban J connectivity index is 2.34. The fourth-order valence-corrected chi connectivity index (χ4v) is 4.01. The number of fused-ring (bicyclic) bond motifs is 1. The minimum atomic E-state index is -3.73. The smallest absolute Gasteiger partial charge is 0.240 e. The summed E-state index contributed by atoms with van der Waals surface area (Å²) in [6.45, 7) is 0.366. The van der Waals surface area contributed by atoms with Gasteiger partial charge in [0.05, 0.1) is 16.4 Å². The van der Waals surface area contributed by atoms with E-state index >= 15 is 0 Å². The first-order valence-corrected chi connectivity index (χ1v) is 8.45. The normalized spacial score (nSPS) is 16.5. The fourth-order valence-electron chi connectivity index (χ4n) is 1.66. The van der Waals surface area contributed by atoms with Crippen LogP contribution >= 0.6 is 0 Å². The Morgan fingerprint density at radius 3 is 2.74 bits per heavy atom. The van der Waals surface area contributed by atoms with Crippen LogP contribution in [0.4, 0.5) is 0 Å². The van der Waals surface area contributed by atoms with Gasteiger partial charge in [-0.2, -0.15) is 0 Å². The van der Waals surface area contributed by atoms with E-state index in [1.54, 1.807) is 0 Å². The molecular formula is C11H13NO5S2. The van der Waals surface area contributed by atoms with Crippen molar-refractivity contribution < 1.29 is 21.6 Å². The first kappa shape index (κ1) is 14.2. The third-order valence-electron chi connectivity index (χ3n) is 2.63. The zero-order chi connectivity index (χ0) is 14.1. The van der Waals surface area contributed by atoms with Crippen molar-refractivity contribution >= 4 is 25.9 Å². The maximum Gasteiger partial charge on any atom is 0.240 e. The number of hydrogen-bond acceptors (Lipinski definition) is 5. The molecule has 1 aliphatic heterocycles. The monoisotopic (exact) mass is 303 g/mol. The Kier molecular flexibility index (Phi) is 3.77. The van der Waals surface area contributed by atoms with E-state index in [0.717, 1.165) is 5.41 Å². The molecule has 1 heterocycles. The van der Waals surface area contributed by atoms with E-state index in [-0.39, 0.29) is 22.9 Å². The van der Waals surface area contributed by atoms with E-state index in [9.17, 15) is 16.8 Å². The van der Waals surface area contributed by atoms with Crippen molar-refractivity contribution in [3.05, 3.63) is 29.2 Å². The average molecular weight is 303 g/mol.